The van der Waals surface area contributed by atoms with Crippen molar-refractivity contribution in [3.63, 3.8) is 0 Å². The molecule has 0 amide bonds. The van der Waals surface area contributed by atoms with Crippen LogP contribution in [0, 0.1) is 0 Å². The number of nitrogens with zero attached hydrogens (tertiary/aromatic N) is 1. The van der Waals surface area contributed by atoms with Gasteiger partial charge in [0.2, 0.25) is 0 Å². The molecule has 1 heterocycles. The van der Waals surface area contributed by atoms with Gasteiger partial charge in [0.05, 0.1) is 11.7 Å². The molecular formula is C3H3NO2S2. The van der Waals surface area contributed by atoms with Crippen LogP contribution in [0.5, 0.6) is 0 Å². The Morgan fingerprint density at radius 1 is 1.88 bits per heavy atom. The molecule has 0 aliphatic carbocycles. The van der Waals surface area contributed by atoms with Crippen LogP contribution in [-0.4, -0.2) is 13.7 Å². The molecule has 8 heavy (non-hydrogen) atoms. The molecule has 0 aliphatic rings. The molecule has 0 saturated heterocycles. The van der Waals surface area contributed by atoms with Gasteiger partial charge in [0.1, 0.15) is 4.21 Å². The molecule has 1 N–H and O–H groups in total. The van der Waals surface area contributed by atoms with E-state index >= 15 is 0 Å². The monoisotopic (exact) mass is 149 g/mol. The van der Waals surface area contributed by atoms with Crippen LogP contribution in [0.4, 0.5) is 0 Å². The maximum atomic E-state index is 10.1. The van der Waals surface area contributed by atoms with Crippen molar-refractivity contribution >= 4 is 22.4 Å². The van der Waals surface area contributed by atoms with Crippen molar-refractivity contribution in [1.29, 1.82) is 0 Å². The van der Waals surface area contributed by atoms with E-state index in [-0.39, 0.29) is 0 Å². The Bertz CT molecular complexity index is 183. The minimum atomic E-state index is -1.84. The fraction of sp³-hybridized carbons (Fsp3) is 0. The Balaban J connectivity index is 2.93. The molecule has 1 rings (SSSR count). The highest BCUT2D eigenvalue weighted by Crippen LogP contribution is 2.07. The molecule has 1 aromatic heterocycles. The molecule has 0 radical (unpaired) electrons. The zero-order chi connectivity index (χ0) is 5.98. The third kappa shape index (κ3) is 1.12. The summed E-state index contributed by atoms with van der Waals surface area (Å²) in [5, 5.41) is 0. The Hall–Kier alpha value is -0.260. The van der Waals surface area contributed by atoms with Crippen molar-refractivity contribution in [1.82, 2.24) is 4.98 Å². The third-order valence-electron chi connectivity index (χ3n) is 0.582. The number of thiazole rings is 1. The second-order valence-corrected chi connectivity index (χ2v) is 3.15. The summed E-state index contributed by atoms with van der Waals surface area (Å²) >= 11 is -0.672. The third-order valence-corrected chi connectivity index (χ3v) is 2.31. The summed E-state index contributed by atoms with van der Waals surface area (Å²) in [6, 6.07) is 0. The molecule has 0 saturated carbocycles. The highest BCUT2D eigenvalue weighted by atomic mass is 32.2. The van der Waals surface area contributed by atoms with Crippen molar-refractivity contribution in [2.75, 3.05) is 0 Å². The van der Waals surface area contributed by atoms with Crippen LogP contribution in [0.1, 0.15) is 0 Å². The molecule has 0 bridgehead atoms. The fourth-order valence-electron chi connectivity index (χ4n) is 0.290. The molecule has 1 atom stereocenters. The number of aromatic nitrogens is 1. The average molecular weight is 149 g/mol. The van der Waals surface area contributed by atoms with E-state index in [0.717, 1.165) is 0 Å². The van der Waals surface area contributed by atoms with Crippen LogP contribution in [0.2, 0.25) is 0 Å². The van der Waals surface area contributed by atoms with Gasteiger partial charge >= 0.3 is 0 Å². The number of hydrogen-bond acceptors (Lipinski definition) is 3. The smallest absolute Gasteiger partial charge is 0.198 e. The van der Waals surface area contributed by atoms with E-state index < -0.39 is 11.1 Å². The molecule has 44 valence electrons. The first kappa shape index (κ1) is 5.87. The summed E-state index contributed by atoms with van der Waals surface area (Å²) in [5.41, 5.74) is 1.52. The van der Waals surface area contributed by atoms with E-state index in [1.165, 1.54) is 23.0 Å². The first-order chi connectivity index (χ1) is 3.80. The highest BCUT2D eigenvalue weighted by Gasteiger charge is 1.97. The van der Waals surface area contributed by atoms with Crippen molar-refractivity contribution in [3.05, 3.63) is 11.7 Å². The Morgan fingerprint density at radius 2 is 2.62 bits per heavy atom. The maximum Gasteiger partial charge on any atom is 0.198 e. The predicted octanol–water partition coefficient (Wildman–Crippen LogP) is 0.724. The van der Waals surface area contributed by atoms with Gasteiger partial charge in [-0.25, -0.2) is 4.21 Å². The van der Waals surface area contributed by atoms with Crippen molar-refractivity contribution in [2.45, 2.75) is 4.21 Å². The van der Waals surface area contributed by atoms with Gasteiger partial charge in [-0.2, -0.15) is 0 Å². The fourth-order valence-corrected chi connectivity index (χ4v) is 1.25. The summed E-state index contributed by atoms with van der Waals surface area (Å²) in [6.45, 7) is 0. The first-order valence-corrected chi connectivity index (χ1v) is 3.78. The van der Waals surface area contributed by atoms with Crippen LogP contribution in [0.15, 0.2) is 15.9 Å². The van der Waals surface area contributed by atoms with E-state index in [4.69, 9.17) is 4.55 Å². The van der Waals surface area contributed by atoms with Gasteiger partial charge in [0.15, 0.2) is 11.1 Å². The molecule has 0 fully saturated rings. The lowest BCUT2D eigenvalue weighted by Crippen LogP contribution is -1.80. The molecule has 0 aromatic carbocycles. The topological polar surface area (TPSA) is 50.2 Å². The van der Waals surface area contributed by atoms with E-state index in [0.29, 0.717) is 4.21 Å². The molecule has 1 unspecified atom stereocenters. The van der Waals surface area contributed by atoms with E-state index in [9.17, 15) is 4.21 Å². The Kier molecular flexibility index (Phi) is 1.72. The molecular weight excluding hydrogens is 146 g/mol. The SMILES string of the molecule is O=S(O)c1cncs1. The molecule has 1 aromatic rings. The van der Waals surface area contributed by atoms with Crippen molar-refractivity contribution < 1.29 is 8.76 Å². The van der Waals surface area contributed by atoms with Crippen LogP contribution in [0.3, 0.4) is 0 Å². The minimum absolute atomic E-state index is 0.394. The van der Waals surface area contributed by atoms with Gasteiger partial charge in [-0.3, -0.25) is 4.98 Å². The summed E-state index contributed by atoms with van der Waals surface area (Å²) in [7, 11) is 0. The van der Waals surface area contributed by atoms with Gasteiger partial charge in [0, 0.05) is 0 Å². The Labute approximate surface area is 52.7 Å². The van der Waals surface area contributed by atoms with Gasteiger partial charge in [-0.15, -0.1) is 11.3 Å². The van der Waals surface area contributed by atoms with Gasteiger partial charge in [-0.1, -0.05) is 0 Å². The normalized spacial score (nSPS) is 13.6. The second kappa shape index (κ2) is 2.34. The first-order valence-electron chi connectivity index (χ1n) is 1.80. The van der Waals surface area contributed by atoms with Crippen molar-refractivity contribution in [3.8, 4) is 0 Å². The van der Waals surface area contributed by atoms with E-state index in [1.54, 1.807) is 0 Å². The predicted molar refractivity (Wildman–Crippen MR) is 31.2 cm³/mol. The molecule has 0 spiro atoms. The summed E-state index contributed by atoms with van der Waals surface area (Å²) in [6.07, 6.45) is 1.38. The quantitative estimate of drug-likeness (QED) is 0.599. The highest BCUT2D eigenvalue weighted by molar-refractivity contribution is 7.81. The van der Waals surface area contributed by atoms with Crippen LogP contribution in [-0.2, 0) is 11.1 Å². The summed E-state index contributed by atoms with van der Waals surface area (Å²) < 4.78 is 18.9. The van der Waals surface area contributed by atoms with E-state index in [1.807, 2.05) is 0 Å². The molecule has 3 nitrogen and oxygen atoms in total. The lowest BCUT2D eigenvalue weighted by Gasteiger charge is -1.78. The molecule has 5 heteroatoms. The summed E-state index contributed by atoms with van der Waals surface area (Å²) in [5.74, 6) is 0. The minimum Gasteiger partial charge on any atom is -0.302 e. The maximum absolute atomic E-state index is 10.1. The lowest BCUT2D eigenvalue weighted by atomic mass is 11.0. The Morgan fingerprint density at radius 3 is 2.88 bits per heavy atom. The van der Waals surface area contributed by atoms with Crippen LogP contribution < -0.4 is 0 Å². The van der Waals surface area contributed by atoms with Crippen LogP contribution in [0.25, 0.3) is 0 Å². The largest absolute Gasteiger partial charge is 0.302 e. The van der Waals surface area contributed by atoms with Crippen molar-refractivity contribution in [2.24, 2.45) is 0 Å². The van der Waals surface area contributed by atoms with Crippen LogP contribution >= 0.6 is 11.3 Å². The molecule has 0 aliphatic heterocycles. The second-order valence-electron chi connectivity index (χ2n) is 1.07. The lowest BCUT2D eigenvalue weighted by molar-refractivity contribution is 0.566. The average Bonchev–Trinajstić information content (AvgIpc) is 2.12. The number of hydrogen-bond donors (Lipinski definition) is 1. The zero-order valence-corrected chi connectivity index (χ0v) is 5.41. The van der Waals surface area contributed by atoms with Gasteiger partial charge < -0.3 is 4.55 Å². The number of rotatable bonds is 1. The standard InChI is InChI=1S/C3H3NO2S2/c5-8(6)3-1-4-2-7-3/h1-2H,(H,5,6). The van der Waals surface area contributed by atoms with Gasteiger partial charge in [0.25, 0.3) is 0 Å². The van der Waals surface area contributed by atoms with Gasteiger partial charge in [-0.05, 0) is 0 Å². The summed E-state index contributed by atoms with van der Waals surface area (Å²) in [4.78, 5) is 3.61. The van der Waals surface area contributed by atoms with E-state index in [2.05, 4.69) is 4.98 Å². The zero-order valence-electron chi connectivity index (χ0n) is 3.77.